The number of anilines is 1. The summed E-state index contributed by atoms with van der Waals surface area (Å²) in [6, 6.07) is 0. The zero-order valence-electron chi connectivity index (χ0n) is 9.61. The lowest BCUT2D eigenvalue weighted by molar-refractivity contribution is 0.0511. The van der Waals surface area contributed by atoms with E-state index in [1.54, 1.807) is 11.8 Å². The zero-order valence-corrected chi connectivity index (χ0v) is 10.4. The van der Waals surface area contributed by atoms with Gasteiger partial charge in [0.05, 0.1) is 5.69 Å². The number of carbonyl (C=O) groups excluding carboxylic acids is 1. The Labute approximate surface area is 98.3 Å². The van der Waals surface area contributed by atoms with Gasteiger partial charge in [-0.05, 0) is 20.8 Å². The van der Waals surface area contributed by atoms with Crippen LogP contribution in [0.25, 0.3) is 0 Å². The highest BCUT2D eigenvalue weighted by molar-refractivity contribution is 7.98. The first-order valence-corrected chi connectivity index (χ1v) is 6.21. The number of nitrogen functional groups attached to an aromatic ring is 1. The van der Waals surface area contributed by atoms with Gasteiger partial charge in [-0.1, -0.05) is 0 Å². The van der Waals surface area contributed by atoms with Crippen LogP contribution in [0.3, 0.4) is 0 Å². The summed E-state index contributed by atoms with van der Waals surface area (Å²) in [4.78, 5) is 11.8. The summed E-state index contributed by atoms with van der Waals surface area (Å²) in [6.45, 7) is 5.48. The van der Waals surface area contributed by atoms with Crippen molar-refractivity contribution in [1.29, 1.82) is 0 Å². The molecule has 1 aliphatic rings. The van der Waals surface area contributed by atoms with E-state index in [4.69, 9.17) is 10.5 Å². The minimum atomic E-state index is -0.517. The highest BCUT2D eigenvalue weighted by Gasteiger charge is 2.27. The van der Waals surface area contributed by atoms with Gasteiger partial charge < -0.3 is 10.5 Å². The van der Waals surface area contributed by atoms with Crippen molar-refractivity contribution in [2.45, 2.75) is 37.9 Å². The molecule has 2 heterocycles. The Morgan fingerprint density at radius 2 is 2.19 bits per heavy atom. The van der Waals surface area contributed by atoms with Crippen LogP contribution in [0.15, 0.2) is 0 Å². The van der Waals surface area contributed by atoms with Crippen molar-refractivity contribution >= 4 is 23.7 Å². The van der Waals surface area contributed by atoms with E-state index in [9.17, 15) is 4.79 Å². The fraction of sp³-hybridized carbons (Fsp3) is 0.600. The van der Waals surface area contributed by atoms with Crippen LogP contribution in [0.4, 0.5) is 10.6 Å². The van der Waals surface area contributed by atoms with Crippen molar-refractivity contribution in [2.75, 3.05) is 5.73 Å². The van der Waals surface area contributed by atoms with Crippen LogP contribution in [-0.4, -0.2) is 21.5 Å². The molecule has 1 aromatic heterocycles. The van der Waals surface area contributed by atoms with E-state index < -0.39 is 11.7 Å². The van der Waals surface area contributed by atoms with Gasteiger partial charge in [0.25, 0.3) is 0 Å². The lowest BCUT2D eigenvalue weighted by Gasteiger charge is -2.19. The highest BCUT2D eigenvalue weighted by Crippen LogP contribution is 2.33. The lowest BCUT2D eigenvalue weighted by Crippen LogP contribution is -2.28. The van der Waals surface area contributed by atoms with Crippen LogP contribution in [0.1, 0.15) is 32.0 Å². The number of carbonyl (C=O) groups is 1. The summed E-state index contributed by atoms with van der Waals surface area (Å²) >= 11 is 1.72. The number of nitrogens with zero attached hydrogens (tertiary/aromatic N) is 2. The summed E-state index contributed by atoms with van der Waals surface area (Å²) in [7, 11) is 0. The van der Waals surface area contributed by atoms with E-state index in [1.165, 1.54) is 4.68 Å². The van der Waals surface area contributed by atoms with E-state index in [0.717, 1.165) is 22.8 Å². The number of hydrogen-bond donors (Lipinski definition) is 1. The molecule has 0 amide bonds. The molecular formula is C10H15N3O2S. The van der Waals surface area contributed by atoms with Gasteiger partial charge in [-0.3, -0.25) is 0 Å². The smallest absolute Gasteiger partial charge is 0.435 e. The maximum atomic E-state index is 11.8. The van der Waals surface area contributed by atoms with Gasteiger partial charge in [-0.2, -0.15) is 16.4 Å². The second-order valence-corrected chi connectivity index (χ2v) is 5.68. The summed E-state index contributed by atoms with van der Waals surface area (Å²) in [6.07, 6.45) is -0.456. The second-order valence-electron chi connectivity index (χ2n) is 4.70. The second kappa shape index (κ2) is 3.69. The normalized spacial score (nSPS) is 14.9. The number of rotatable bonds is 0. The van der Waals surface area contributed by atoms with Crippen molar-refractivity contribution in [2.24, 2.45) is 0 Å². The Morgan fingerprint density at radius 3 is 2.81 bits per heavy atom. The first-order chi connectivity index (χ1) is 7.38. The third-order valence-electron chi connectivity index (χ3n) is 2.17. The van der Waals surface area contributed by atoms with Gasteiger partial charge in [-0.25, -0.2) is 4.79 Å². The minimum absolute atomic E-state index is 0.436. The Balaban J connectivity index is 2.28. The van der Waals surface area contributed by atoms with Crippen molar-refractivity contribution < 1.29 is 9.53 Å². The largest absolute Gasteiger partial charge is 0.442 e. The average molecular weight is 241 g/mol. The summed E-state index contributed by atoms with van der Waals surface area (Å²) in [5.41, 5.74) is 7.06. The maximum absolute atomic E-state index is 11.8. The maximum Gasteiger partial charge on any atom is 0.435 e. The van der Waals surface area contributed by atoms with Crippen LogP contribution < -0.4 is 5.73 Å². The number of fused-ring (bicyclic) bond motifs is 1. The molecule has 1 aliphatic heterocycles. The Morgan fingerprint density at radius 1 is 1.50 bits per heavy atom. The first-order valence-electron chi connectivity index (χ1n) is 5.06. The molecular weight excluding hydrogens is 226 g/mol. The predicted octanol–water partition coefficient (Wildman–Crippen LogP) is 2.00. The predicted molar refractivity (Wildman–Crippen MR) is 63.3 cm³/mol. The molecule has 0 saturated carbocycles. The lowest BCUT2D eigenvalue weighted by atomic mass is 10.2. The third kappa shape index (κ3) is 2.02. The van der Waals surface area contributed by atoms with Gasteiger partial charge in [0.2, 0.25) is 0 Å². The number of ether oxygens (including phenoxy) is 1. The molecule has 0 radical (unpaired) electrons. The van der Waals surface area contributed by atoms with Crippen LogP contribution in [-0.2, 0) is 16.2 Å². The van der Waals surface area contributed by atoms with Crippen LogP contribution in [0.5, 0.6) is 0 Å². The molecule has 0 saturated heterocycles. The van der Waals surface area contributed by atoms with Crippen molar-refractivity contribution in [3.63, 3.8) is 0 Å². The number of nitrogens with two attached hydrogens (primary N) is 1. The van der Waals surface area contributed by atoms with Crippen molar-refractivity contribution in [3.8, 4) is 0 Å². The Bertz CT molecular complexity index is 434. The van der Waals surface area contributed by atoms with Gasteiger partial charge in [0, 0.05) is 17.1 Å². The van der Waals surface area contributed by atoms with E-state index in [2.05, 4.69) is 5.10 Å². The van der Waals surface area contributed by atoms with Gasteiger partial charge in [0.1, 0.15) is 11.4 Å². The Hall–Kier alpha value is -1.17. The highest BCUT2D eigenvalue weighted by atomic mass is 32.2. The summed E-state index contributed by atoms with van der Waals surface area (Å²) in [5.74, 6) is 2.02. The first kappa shape index (κ1) is 11.3. The molecule has 0 spiro atoms. The molecule has 16 heavy (non-hydrogen) atoms. The molecule has 0 aliphatic carbocycles. The quantitative estimate of drug-likeness (QED) is 0.752. The van der Waals surface area contributed by atoms with E-state index in [1.807, 2.05) is 20.8 Å². The van der Waals surface area contributed by atoms with Gasteiger partial charge >= 0.3 is 6.09 Å². The van der Waals surface area contributed by atoms with E-state index in [0.29, 0.717) is 5.82 Å². The molecule has 0 aromatic carbocycles. The van der Waals surface area contributed by atoms with Crippen molar-refractivity contribution in [3.05, 3.63) is 11.3 Å². The summed E-state index contributed by atoms with van der Waals surface area (Å²) < 4.78 is 6.55. The molecule has 6 heteroatoms. The topological polar surface area (TPSA) is 70.1 Å². The van der Waals surface area contributed by atoms with Crippen LogP contribution >= 0.6 is 11.8 Å². The number of hydrogen-bond acceptors (Lipinski definition) is 5. The van der Waals surface area contributed by atoms with Crippen molar-refractivity contribution in [1.82, 2.24) is 9.78 Å². The van der Waals surface area contributed by atoms with Gasteiger partial charge in [-0.15, -0.1) is 5.10 Å². The molecule has 88 valence electrons. The molecule has 2 N–H and O–H groups in total. The summed E-state index contributed by atoms with van der Waals surface area (Å²) in [5, 5.41) is 4.02. The van der Waals surface area contributed by atoms with E-state index >= 15 is 0 Å². The molecule has 1 aromatic rings. The number of aromatic nitrogens is 2. The Kier molecular flexibility index (Phi) is 2.61. The molecule has 0 bridgehead atoms. The zero-order chi connectivity index (χ0) is 11.9. The van der Waals surface area contributed by atoms with Crippen LogP contribution in [0, 0.1) is 0 Å². The van der Waals surface area contributed by atoms with Gasteiger partial charge in [0.15, 0.2) is 0 Å². The molecule has 0 fully saturated rings. The molecule has 2 rings (SSSR count). The fourth-order valence-electron chi connectivity index (χ4n) is 1.52. The van der Waals surface area contributed by atoms with Crippen LogP contribution in [0.2, 0.25) is 0 Å². The van der Waals surface area contributed by atoms with E-state index in [-0.39, 0.29) is 0 Å². The SMILES string of the molecule is CC(C)(C)OC(=O)n1nc(N)c2c1CSC2. The monoisotopic (exact) mass is 241 g/mol. The standard InChI is InChI=1S/C10H15N3O2S/c1-10(2,3)15-9(14)13-7-5-16-4-6(7)8(11)12-13/h4-5H2,1-3H3,(H2,11,12). The average Bonchev–Trinajstić information content (AvgIpc) is 2.66. The third-order valence-corrected chi connectivity index (χ3v) is 3.14. The molecule has 0 unspecified atom stereocenters. The fourth-order valence-corrected chi connectivity index (χ4v) is 2.63. The molecule has 5 nitrogen and oxygen atoms in total. The minimum Gasteiger partial charge on any atom is -0.442 e. The number of thioether (sulfide) groups is 1. The molecule has 0 atom stereocenters.